The molecule has 0 saturated carbocycles. The minimum absolute atomic E-state index is 0.182. The summed E-state index contributed by atoms with van der Waals surface area (Å²) < 4.78 is 2.97. The monoisotopic (exact) mass is 292 g/mol. The number of rotatable bonds is 4. The number of aryl methyl sites for hydroxylation is 3. The summed E-state index contributed by atoms with van der Waals surface area (Å²) in [7, 11) is 3.32. The Morgan fingerprint density at radius 3 is 2.52 bits per heavy atom. The highest BCUT2D eigenvalue weighted by Gasteiger charge is 2.28. The molecule has 0 radical (unpaired) electrons. The van der Waals surface area contributed by atoms with Crippen molar-refractivity contribution in [3.05, 3.63) is 39.0 Å². The summed E-state index contributed by atoms with van der Waals surface area (Å²) in [4.78, 5) is 22.6. The first kappa shape index (κ1) is 14.7. The third-order valence-corrected chi connectivity index (χ3v) is 3.23. The smallest absolute Gasteiger partial charge is 0.322 e. The zero-order valence-electron chi connectivity index (χ0n) is 12.2. The molecular formula is C12H16N6O3. The Morgan fingerprint density at radius 2 is 2.00 bits per heavy atom. The second kappa shape index (κ2) is 5.35. The summed E-state index contributed by atoms with van der Waals surface area (Å²) in [5.41, 5.74) is 1.52. The number of hydrogen-bond donors (Lipinski definition) is 1. The average molecular weight is 292 g/mol. The number of amides is 1. The van der Waals surface area contributed by atoms with E-state index in [1.165, 1.54) is 4.68 Å². The molecule has 0 aliphatic carbocycles. The number of hydrogen-bond acceptors (Lipinski definition) is 5. The van der Waals surface area contributed by atoms with E-state index in [2.05, 4.69) is 15.5 Å². The lowest BCUT2D eigenvalue weighted by atomic mass is 10.3. The molecule has 0 atom stereocenters. The molecule has 0 aromatic carbocycles. The minimum atomic E-state index is -0.592. The van der Waals surface area contributed by atoms with E-state index in [1.807, 2.05) is 13.0 Å². The predicted molar refractivity (Wildman–Crippen MR) is 73.7 cm³/mol. The van der Waals surface area contributed by atoms with E-state index < -0.39 is 10.8 Å². The van der Waals surface area contributed by atoms with Crippen LogP contribution in [0.15, 0.2) is 6.07 Å². The van der Waals surface area contributed by atoms with Gasteiger partial charge in [0.25, 0.3) is 5.91 Å². The second-order valence-electron chi connectivity index (χ2n) is 4.75. The van der Waals surface area contributed by atoms with E-state index >= 15 is 0 Å². The van der Waals surface area contributed by atoms with Gasteiger partial charge in [0.05, 0.1) is 22.9 Å². The van der Waals surface area contributed by atoms with E-state index in [0.29, 0.717) is 5.69 Å². The Labute approximate surface area is 120 Å². The second-order valence-corrected chi connectivity index (χ2v) is 4.75. The number of nitro groups is 1. The molecule has 0 bridgehead atoms. The molecule has 21 heavy (non-hydrogen) atoms. The van der Waals surface area contributed by atoms with Gasteiger partial charge in [-0.1, -0.05) is 0 Å². The van der Waals surface area contributed by atoms with E-state index in [9.17, 15) is 14.9 Å². The van der Waals surface area contributed by atoms with Crippen molar-refractivity contribution in [2.24, 2.45) is 14.1 Å². The molecule has 2 rings (SSSR count). The molecule has 9 heteroatoms. The maximum Gasteiger partial charge on any atom is 0.322 e. The van der Waals surface area contributed by atoms with Crippen molar-refractivity contribution in [1.82, 2.24) is 24.9 Å². The van der Waals surface area contributed by atoms with Gasteiger partial charge < -0.3 is 5.32 Å². The summed E-state index contributed by atoms with van der Waals surface area (Å²) in [6.07, 6.45) is 0. The first-order valence-electron chi connectivity index (χ1n) is 6.27. The largest absolute Gasteiger partial charge is 0.345 e. The molecule has 0 spiro atoms. The van der Waals surface area contributed by atoms with Gasteiger partial charge >= 0.3 is 5.69 Å². The number of aromatic nitrogens is 4. The third-order valence-electron chi connectivity index (χ3n) is 3.23. The standard InChI is InChI=1S/C12H16N6O3/c1-7-5-9(17(4)14-7)6-13-12(19)10-11(18(20)21)8(2)16(3)15-10/h5H,6H2,1-4H3,(H,13,19). The van der Waals surface area contributed by atoms with Crippen LogP contribution in [0.4, 0.5) is 5.69 Å². The number of carbonyl (C=O) groups excluding carboxylic acids is 1. The van der Waals surface area contributed by atoms with Gasteiger partial charge in [-0.3, -0.25) is 24.3 Å². The number of nitrogens with zero attached hydrogens (tertiary/aromatic N) is 5. The maximum atomic E-state index is 12.1. The minimum Gasteiger partial charge on any atom is -0.345 e. The Hall–Kier alpha value is -2.71. The van der Waals surface area contributed by atoms with Crippen LogP contribution in [0.1, 0.15) is 27.6 Å². The van der Waals surface area contributed by atoms with Gasteiger partial charge in [-0.05, 0) is 19.9 Å². The third kappa shape index (κ3) is 2.76. The molecule has 112 valence electrons. The molecule has 2 heterocycles. The fourth-order valence-corrected chi connectivity index (χ4v) is 2.05. The first-order valence-corrected chi connectivity index (χ1v) is 6.27. The molecular weight excluding hydrogens is 276 g/mol. The first-order chi connectivity index (χ1) is 9.81. The van der Waals surface area contributed by atoms with E-state index in [1.54, 1.807) is 25.7 Å². The van der Waals surface area contributed by atoms with Crippen LogP contribution in [-0.4, -0.2) is 30.4 Å². The normalized spacial score (nSPS) is 10.7. The van der Waals surface area contributed by atoms with E-state index in [4.69, 9.17) is 0 Å². The Bertz CT molecular complexity index is 715. The van der Waals surface area contributed by atoms with Crippen molar-refractivity contribution in [2.45, 2.75) is 20.4 Å². The topological polar surface area (TPSA) is 108 Å². The van der Waals surface area contributed by atoms with Crippen LogP contribution < -0.4 is 5.32 Å². The van der Waals surface area contributed by atoms with Crippen LogP contribution in [0.5, 0.6) is 0 Å². The summed E-state index contributed by atoms with van der Waals surface area (Å²) in [6.45, 7) is 3.62. The fourth-order valence-electron chi connectivity index (χ4n) is 2.05. The van der Waals surface area contributed by atoms with Gasteiger partial charge in [-0.2, -0.15) is 10.2 Å². The molecule has 1 amide bonds. The van der Waals surface area contributed by atoms with E-state index in [0.717, 1.165) is 11.4 Å². The SMILES string of the molecule is Cc1cc(CNC(=O)c2nn(C)c(C)c2[N+](=O)[O-])n(C)n1. The van der Waals surface area contributed by atoms with Crippen molar-refractivity contribution < 1.29 is 9.72 Å². The van der Waals surface area contributed by atoms with Crippen LogP contribution >= 0.6 is 0 Å². The van der Waals surface area contributed by atoms with Crippen molar-refractivity contribution in [3.8, 4) is 0 Å². The average Bonchev–Trinajstić information content (AvgIpc) is 2.87. The van der Waals surface area contributed by atoms with Crippen molar-refractivity contribution in [1.29, 1.82) is 0 Å². The molecule has 2 aromatic heterocycles. The Morgan fingerprint density at radius 1 is 1.33 bits per heavy atom. The maximum absolute atomic E-state index is 12.1. The van der Waals surface area contributed by atoms with Crippen molar-refractivity contribution in [3.63, 3.8) is 0 Å². The van der Waals surface area contributed by atoms with Gasteiger partial charge in [-0.15, -0.1) is 0 Å². The molecule has 0 saturated heterocycles. The van der Waals surface area contributed by atoms with Crippen LogP contribution in [-0.2, 0) is 20.6 Å². The molecule has 0 aliphatic rings. The molecule has 0 aliphatic heterocycles. The summed E-state index contributed by atoms with van der Waals surface area (Å²) in [5, 5.41) is 21.8. The number of carbonyl (C=O) groups is 1. The molecule has 0 unspecified atom stereocenters. The van der Waals surface area contributed by atoms with Gasteiger partial charge in [-0.25, -0.2) is 0 Å². The van der Waals surface area contributed by atoms with Gasteiger partial charge in [0.2, 0.25) is 5.69 Å². The highest BCUT2D eigenvalue weighted by atomic mass is 16.6. The lowest BCUT2D eigenvalue weighted by molar-refractivity contribution is -0.385. The lowest BCUT2D eigenvalue weighted by Crippen LogP contribution is -2.25. The summed E-state index contributed by atoms with van der Waals surface area (Å²) in [5.74, 6) is -0.579. The highest BCUT2D eigenvalue weighted by molar-refractivity contribution is 5.96. The van der Waals surface area contributed by atoms with Crippen LogP contribution in [0.25, 0.3) is 0 Å². The fraction of sp³-hybridized carbons (Fsp3) is 0.417. The van der Waals surface area contributed by atoms with Gasteiger partial charge in [0, 0.05) is 14.1 Å². The van der Waals surface area contributed by atoms with Crippen molar-refractivity contribution >= 4 is 11.6 Å². The zero-order valence-corrected chi connectivity index (χ0v) is 12.2. The molecule has 1 N–H and O–H groups in total. The molecule has 2 aromatic rings. The molecule has 9 nitrogen and oxygen atoms in total. The van der Waals surface area contributed by atoms with Gasteiger partial charge in [0.15, 0.2) is 0 Å². The quantitative estimate of drug-likeness (QED) is 0.656. The Kier molecular flexibility index (Phi) is 3.74. The van der Waals surface area contributed by atoms with Crippen LogP contribution in [0.2, 0.25) is 0 Å². The van der Waals surface area contributed by atoms with E-state index in [-0.39, 0.29) is 17.9 Å². The van der Waals surface area contributed by atoms with Crippen molar-refractivity contribution in [2.75, 3.05) is 0 Å². The molecule has 0 fully saturated rings. The summed E-state index contributed by atoms with van der Waals surface area (Å²) >= 11 is 0. The Balaban J connectivity index is 2.20. The summed E-state index contributed by atoms with van der Waals surface area (Å²) in [6, 6.07) is 1.83. The number of nitrogens with one attached hydrogen (secondary N) is 1. The van der Waals surface area contributed by atoms with Gasteiger partial charge in [0.1, 0.15) is 5.69 Å². The zero-order chi connectivity index (χ0) is 15.7. The predicted octanol–water partition coefficient (Wildman–Crippen LogP) is 0.609. The highest BCUT2D eigenvalue weighted by Crippen LogP contribution is 2.21. The lowest BCUT2D eigenvalue weighted by Gasteiger charge is -2.03. The van der Waals surface area contributed by atoms with Crippen LogP contribution in [0, 0.1) is 24.0 Å². The van der Waals surface area contributed by atoms with Crippen LogP contribution in [0.3, 0.4) is 0 Å².